The summed E-state index contributed by atoms with van der Waals surface area (Å²) in [4.78, 5) is 4.64. The lowest BCUT2D eigenvalue weighted by Crippen LogP contribution is -2.35. The number of nitrogens with one attached hydrogen (secondary N) is 1. The Morgan fingerprint density at radius 2 is 2.44 bits per heavy atom. The van der Waals surface area contributed by atoms with Gasteiger partial charge in [-0.05, 0) is 25.5 Å². The second kappa shape index (κ2) is 4.35. The summed E-state index contributed by atoms with van der Waals surface area (Å²) in [5.41, 5.74) is 6.27. The number of pyridine rings is 1. The van der Waals surface area contributed by atoms with Crippen molar-refractivity contribution < 1.29 is 4.74 Å². The molecule has 0 bridgehead atoms. The van der Waals surface area contributed by atoms with Gasteiger partial charge < -0.3 is 15.8 Å². The monoisotopic (exact) mass is 237 g/mol. The van der Waals surface area contributed by atoms with Crippen LogP contribution in [0.2, 0.25) is 0 Å². The van der Waals surface area contributed by atoms with Crippen molar-refractivity contribution in [3.63, 3.8) is 0 Å². The van der Waals surface area contributed by atoms with Gasteiger partial charge in [-0.3, -0.25) is 0 Å². The van der Waals surface area contributed by atoms with Crippen molar-refractivity contribution in [2.75, 3.05) is 18.5 Å². The molecule has 4 nitrogen and oxygen atoms in total. The molecule has 2 rings (SSSR count). The van der Waals surface area contributed by atoms with E-state index in [1.165, 1.54) is 0 Å². The summed E-state index contributed by atoms with van der Waals surface area (Å²) in [6, 6.07) is 3.76. The third kappa shape index (κ3) is 2.48. The molecule has 1 aliphatic heterocycles. The average Bonchev–Trinajstić information content (AvgIpc) is 2.65. The molecule has 0 saturated carbocycles. The van der Waals surface area contributed by atoms with Crippen molar-refractivity contribution in [2.45, 2.75) is 18.9 Å². The number of nitrogens with zero attached hydrogens (tertiary/aromatic N) is 1. The molecule has 1 unspecified atom stereocenters. The van der Waals surface area contributed by atoms with E-state index < -0.39 is 0 Å². The highest BCUT2D eigenvalue weighted by atomic mass is 32.1. The van der Waals surface area contributed by atoms with E-state index in [0.29, 0.717) is 11.6 Å². The van der Waals surface area contributed by atoms with Crippen LogP contribution >= 0.6 is 12.2 Å². The van der Waals surface area contributed by atoms with E-state index in [1.807, 2.05) is 12.1 Å². The van der Waals surface area contributed by atoms with E-state index in [9.17, 15) is 0 Å². The molecule has 0 aliphatic carbocycles. The molecule has 86 valence electrons. The van der Waals surface area contributed by atoms with Crippen LogP contribution in [0.15, 0.2) is 18.3 Å². The van der Waals surface area contributed by atoms with Gasteiger partial charge in [-0.2, -0.15) is 0 Å². The van der Waals surface area contributed by atoms with Gasteiger partial charge in [-0.1, -0.05) is 12.2 Å². The van der Waals surface area contributed by atoms with Gasteiger partial charge in [0.15, 0.2) is 0 Å². The van der Waals surface area contributed by atoms with Crippen LogP contribution in [0.1, 0.15) is 18.9 Å². The molecule has 1 atom stereocenters. The number of ether oxygens (including phenoxy) is 1. The number of rotatable bonds is 3. The number of thiocarbonyl (C=S) groups is 1. The smallest absolute Gasteiger partial charge is 0.126 e. The topological polar surface area (TPSA) is 60.2 Å². The van der Waals surface area contributed by atoms with E-state index in [0.717, 1.165) is 24.4 Å². The molecule has 16 heavy (non-hydrogen) atoms. The summed E-state index contributed by atoms with van der Waals surface area (Å²) in [6.45, 7) is 3.64. The number of hydrogen-bond acceptors (Lipinski definition) is 4. The zero-order valence-electron chi connectivity index (χ0n) is 9.19. The minimum Gasteiger partial charge on any atom is -0.389 e. The molecule has 0 aromatic carbocycles. The molecule has 0 radical (unpaired) electrons. The first-order valence-electron chi connectivity index (χ1n) is 5.21. The maximum absolute atomic E-state index is 5.50. The van der Waals surface area contributed by atoms with Crippen molar-refractivity contribution in [3.05, 3.63) is 23.9 Å². The minimum absolute atomic E-state index is 0.0161. The second-order valence-electron chi connectivity index (χ2n) is 4.28. The Morgan fingerprint density at radius 1 is 1.62 bits per heavy atom. The molecule has 0 amide bonds. The van der Waals surface area contributed by atoms with Crippen LogP contribution in [0, 0.1) is 0 Å². The van der Waals surface area contributed by atoms with Crippen LogP contribution in [-0.2, 0) is 4.74 Å². The summed E-state index contributed by atoms with van der Waals surface area (Å²) in [6.07, 6.45) is 2.68. The maximum atomic E-state index is 5.50. The summed E-state index contributed by atoms with van der Waals surface area (Å²) in [5.74, 6) is 0.827. The highest BCUT2D eigenvalue weighted by molar-refractivity contribution is 7.80. The van der Waals surface area contributed by atoms with Crippen molar-refractivity contribution in [1.82, 2.24) is 4.98 Å². The quantitative estimate of drug-likeness (QED) is 0.776. The van der Waals surface area contributed by atoms with E-state index in [1.54, 1.807) is 6.20 Å². The first kappa shape index (κ1) is 11.3. The van der Waals surface area contributed by atoms with Crippen LogP contribution in [0.5, 0.6) is 0 Å². The van der Waals surface area contributed by atoms with Gasteiger partial charge in [0.1, 0.15) is 10.8 Å². The summed E-state index contributed by atoms with van der Waals surface area (Å²) >= 11 is 4.87. The molecule has 1 aromatic heterocycles. The molecule has 1 aromatic rings. The summed E-state index contributed by atoms with van der Waals surface area (Å²) < 4.78 is 5.36. The Morgan fingerprint density at radius 3 is 2.94 bits per heavy atom. The molecule has 1 fully saturated rings. The fraction of sp³-hybridized carbons (Fsp3) is 0.455. The molecule has 1 aliphatic rings. The predicted octanol–water partition coefficient (Wildman–Crippen LogP) is 1.31. The Hall–Kier alpha value is -1.20. The predicted molar refractivity (Wildman–Crippen MR) is 67.6 cm³/mol. The molecule has 1 saturated heterocycles. The first-order valence-corrected chi connectivity index (χ1v) is 5.62. The number of nitrogens with two attached hydrogens (primary N) is 1. The third-order valence-corrected chi connectivity index (χ3v) is 2.93. The normalized spacial score (nSPS) is 24.3. The lowest BCUT2D eigenvalue weighted by molar-refractivity contribution is 0.185. The zero-order chi connectivity index (χ0) is 11.6. The second-order valence-corrected chi connectivity index (χ2v) is 4.72. The SMILES string of the molecule is CC1(Nc2ccc(C(N)=S)cn2)CCOC1. The van der Waals surface area contributed by atoms with Crippen molar-refractivity contribution >= 4 is 23.0 Å². The number of aromatic nitrogens is 1. The zero-order valence-corrected chi connectivity index (χ0v) is 10.0. The van der Waals surface area contributed by atoms with Crippen LogP contribution in [-0.4, -0.2) is 28.7 Å². The van der Waals surface area contributed by atoms with Gasteiger partial charge >= 0.3 is 0 Å². The third-order valence-electron chi connectivity index (χ3n) is 2.70. The van der Waals surface area contributed by atoms with Crippen LogP contribution in [0.25, 0.3) is 0 Å². The number of hydrogen-bond donors (Lipinski definition) is 2. The molecule has 3 N–H and O–H groups in total. The Balaban J connectivity index is 2.07. The molecule has 0 spiro atoms. The Bertz CT molecular complexity index is 385. The van der Waals surface area contributed by atoms with Crippen molar-refractivity contribution in [2.24, 2.45) is 5.73 Å². The van der Waals surface area contributed by atoms with Gasteiger partial charge in [0, 0.05) is 18.4 Å². The van der Waals surface area contributed by atoms with Crippen molar-refractivity contribution in [3.8, 4) is 0 Å². The largest absolute Gasteiger partial charge is 0.389 e. The lowest BCUT2D eigenvalue weighted by Gasteiger charge is -2.24. The van der Waals surface area contributed by atoms with Crippen LogP contribution in [0.4, 0.5) is 5.82 Å². The van der Waals surface area contributed by atoms with Gasteiger partial charge in [0.2, 0.25) is 0 Å². The molecule has 5 heteroatoms. The standard InChI is InChI=1S/C11H15N3OS/c1-11(4-5-15-7-11)14-9-3-2-8(6-13-9)10(12)16/h2-3,6H,4-5,7H2,1H3,(H2,12,16)(H,13,14). The van der Waals surface area contributed by atoms with E-state index >= 15 is 0 Å². The van der Waals surface area contributed by atoms with Crippen molar-refractivity contribution in [1.29, 1.82) is 0 Å². The average molecular weight is 237 g/mol. The number of anilines is 1. The Labute approximate surface area is 100 Å². The maximum Gasteiger partial charge on any atom is 0.126 e. The fourth-order valence-corrected chi connectivity index (χ4v) is 1.81. The highest BCUT2D eigenvalue weighted by Crippen LogP contribution is 2.22. The highest BCUT2D eigenvalue weighted by Gasteiger charge is 2.29. The Kier molecular flexibility index (Phi) is 3.07. The first-order chi connectivity index (χ1) is 7.59. The van der Waals surface area contributed by atoms with E-state index in [-0.39, 0.29) is 5.54 Å². The van der Waals surface area contributed by atoms with Gasteiger partial charge in [-0.25, -0.2) is 4.98 Å². The van der Waals surface area contributed by atoms with Gasteiger partial charge in [0.05, 0.1) is 12.1 Å². The molecule has 2 heterocycles. The van der Waals surface area contributed by atoms with E-state index in [2.05, 4.69) is 17.2 Å². The van der Waals surface area contributed by atoms with Crippen LogP contribution < -0.4 is 11.1 Å². The summed E-state index contributed by atoms with van der Waals surface area (Å²) in [5, 5.41) is 3.36. The molecular formula is C11H15N3OS. The van der Waals surface area contributed by atoms with E-state index in [4.69, 9.17) is 22.7 Å². The van der Waals surface area contributed by atoms with Crippen LogP contribution in [0.3, 0.4) is 0 Å². The van der Waals surface area contributed by atoms with Gasteiger partial charge in [0.25, 0.3) is 0 Å². The fourth-order valence-electron chi connectivity index (χ4n) is 1.69. The lowest BCUT2D eigenvalue weighted by atomic mass is 10.0. The molecular weight excluding hydrogens is 222 g/mol. The summed E-state index contributed by atoms with van der Waals surface area (Å²) in [7, 11) is 0. The minimum atomic E-state index is -0.0161. The van der Waals surface area contributed by atoms with Gasteiger partial charge in [-0.15, -0.1) is 0 Å².